The number of carbonyl (C=O) groups excluding carboxylic acids is 1. The zero-order valence-electron chi connectivity index (χ0n) is 13.2. The smallest absolute Gasteiger partial charge is 0.321 e. The second-order valence-corrected chi connectivity index (χ2v) is 6.64. The van der Waals surface area contributed by atoms with Crippen molar-refractivity contribution in [1.82, 2.24) is 0 Å². The molecule has 3 nitrogen and oxygen atoms in total. The highest BCUT2D eigenvalue weighted by Crippen LogP contribution is 2.29. The molecule has 1 rings (SSSR count). The maximum Gasteiger partial charge on any atom is 0.321 e. The van der Waals surface area contributed by atoms with Crippen LogP contribution in [-0.2, 0) is 14.3 Å². The molecule has 19 heavy (non-hydrogen) atoms. The van der Waals surface area contributed by atoms with Gasteiger partial charge in [-0.25, -0.2) is 0 Å². The van der Waals surface area contributed by atoms with E-state index in [1.54, 1.807) is 11.8 Å². The van der Waals surface area contributed by atoms with Gasteiger partial charge in [-0.15, -0.1) is 11.8 Å². The van der Waals surface area contributed by atoms with Gasteiger partial charge < -0.3 is 9.47 Å². The Bertz CT molecular complexity index is 236. The zero-order chi connectivity index (χ0) is 14.7. The minimum absolute atomic E-state index is 0.100. The molecule has 0 radical (unpaired) electrons. The molecule has 0 spiro atoms. The van der Waals surface area contributed by atoms with Crippen LogP contribution < -0.4 is 0 Å². The quantitative estimate of drug-likeness (QED) is 0.695. The molecule has 0 N–H and O–H groups in total. The van der Waals surface area contributed by atoms with E-state index < -0.39 is 4.75 Å². The van der Waals surface area contributed by atoms with Crippen LogP contribution >= 0.6 is 11.8 Å². The first-order chi connectivity index (χ1) is 9.06. The van der Waals surface area contributed by atoms with Gasteiger partial charge in [0.1, 0.15) is 4.75 Å². The van der Waals surface area contributed by atoms with Gasteiger partial charge in [-0.05, 0) is 51.7 Å². The number of esters is 1. The first-order valence-electron chi connectivity index (χ1n) is 7.45. The predicted octanol–water partition coefficient (Wildman–Crippen LogP) is 3.90. The fraction of sp³-hybridized carbons (Fsp3) is 0.933. The molecule has 0 unspecified atom stereocenters. The van der Waals surface area contributed by atoms with Gasteiger partial charge in [0.05, 0.1) is 6.61 Å². The minimum atomic E-state index is -0.415. The lowest BCUT2D eigenvalue weighted by molar-refractivity contribution is -0.145. The summed E-state index contributed by atoms with van der Waals surface area (Å²) < 4.78 is 9.99. The predicted molar refractivity (Wildman–Crippen MR) is 82.7 cm³/mol. The van der Waals surface area contributed by atoms with E-state index in [1.807, 2.05) is 34.6 Å². The molecule has 1 aliphatic heterocycles. The maximum absolute atomic E-state index is 11.7. The molecule has 1 fully saturated rings. The molecule has 0 atom stereocenters. The summed E-state index contributed by atoms with van der Waals surface area (Å²) in [4.78, 5) is 11.7. The van der Waals surface area contributed by atoms with Gasteiger partial charge in [-0.3, -0.25) is 4.79 Å². The van der Waals surface area contributed by atoms with Crippen molar-refractivity contribution in [3.8, 4) is 0 Å². The molecule has 1 saturated heterocycles. The first-order valence-corrected chi connectivity index (χ1v) is 8.43. The van der Waals surface area contributed by atoms with Crippen LogP contribution in [0.1, 0.15) is 53.9 Å². The Kier molecular flexibility index (Phi) is 10.4. The molecule has 0 aromatic heterocycles. The average molecular weight is 290 g/mol. The summed E-state index contributed by atoms with van der Waals surface area (Å²) >= 11 is 1.71. The molecule has 0 amide bonds. The van der Waals surface area contributed by atoms with Crippen LogP contribution in [0, 0.1) is 5.92 Å². The molecule has 4 heteroatoms. The van der Waals surface area contributed by atoms with E-state index >= 15 is 0 Å². The third-order valence-electron chi connectivity index (χ3n) is 3.10. The van der Waals surface area contributed by atoms with E-state index in [-0.39, 0.29) is 5.97 Å². The second kappa shape index (κ2) is 10.6. The van der Waals surface area contributed by atoms with Crippen LogP contribution in [0.3, 0.4) is 0 Å². The highest BCUT2D eigenvalue weighted by atomic mass is 32.2. The van der Waals surface area contributed by atoms with Crippen LogP contribution in [0.2, 0.25) is 0 Å². The topological polar surface area (TPSA) is 35.5 Å². The summed E-state index contributed by atoms with van der Waals surface area (Å²) in [6.45, 7) is 12.0. The number of carbonyl (C=O) groups is 1. The normalized spacial score (nSPS) is 16.5. The third-order valence-corrected chi connectivity index (χ3v) is 4.43. The lowest BCUT2D eigenvalue weighted by Gasteiger charge is -2.25. The van der Waals surface area contributed by atoms with Gasteiger partial charge in [-0.1, -0.05) is 13.8 Å². The van der Waals surface area contributed by atoms with Crippen LogP contribution in [0.15, 0.2) is 0 Å². The van der Waals surface area contributed by atoms with Crippen LogP contribution in [0.4, 0.5) is 0 Å². The zero-order valence-corrected chi connectivity index (χ0v) is 14.0. The van der Waals surface area contributed by atoms with Crippen molar-refractivity contribution < 1.29 is 14.3 Å². The van der Waals surface area contributed by atoms with Crippen LogP contribution in [-0.4, -0.2) is 36.3 Å². The van der Waals surface area contributed by atoms with E-state index in [2.05, 4.69) is 0 Å². The Morgan fingerprint density at radius 2 is 1.89 bits per heavy atom. The number of rotatable bonds is 6. The maximum atomic E-state index is 11.7. The molecule has 0 bridgehead atoms. The molecule has 1 heterocycles. The van der Waals surface area contributed by atoms with E-state index in [0.29, 0.717) is 6.61 Å². The molecule has 0 aromatic rings. The standard InChI is InChI=1S/C13H24O3S.C2H6/c1-4-16-12(14)13(2,3)17-10-7-11-5-8-15-9-6-11;1-2/h11H,4-10H2,1-3H3;1-2H3. The lowest BCUT2D eigenvalue weighted by atomic mass is 9.98. The Morgan fingerprint density at radius 3 is 2.42 bits per heavy atom. The Morgan fingerprint density at radius 1 is 1.32 bits per heavy atom. The monoisotopic (exact) mass is 290 g/mol. The van der Waals surface area contributed by atoms with E-state index in [9.17, 15) is 4.79 Å². The molecule has 0 saturated carbocycles. The summed E-state index contributed by atoms with van der Waals surface area (Å²) in [5.74, 6) is 1.70. The number of thioether (sulfide) groups is 1. The van der Waals surface area contributed by atoms with Gasteiger partial charge in [0.15, 0.2) is 0 Å². The highest BCUT2D eigenvalue weighted by molar-refractivity contribution is 8.01. The second-order valence-electron chi connectivity index (χ2n) is 4.92. The van der Waals surface area contributed by atoms with Crippen molar-refractivity contribution in [2.45, 2.75) is 58.6 Å². The molecular formula is C15H30O3S. The highest BCUT2D eigenvalue weighted by Gasteiger charge is 2.29. The molecule has 0 aliphatic carbocycles. The van der Waals surface area contributed by atoms with E-state index in [1.165, 1.54) is 19.3 Å². The van der Waals surface area contributed by atoms with Gasteiger partial charge in [0, 0.05) is 13.2 Å². The fourth-order valence-electron chi connectivity index (χ4n) is 1.88. The summed E-state index contributed by atoms with van der Waals surface area (Å²) in [7, 11) is 0. The fourth-order valence-corrected chi connectivity index (χ4v) is 3.02. The van der Waals surface area contributed by atoms with Gasteiger partial charge in [-0.2, -0.15) is 0 Å². The summed E-state index contributed by atoms with van der Waals surface area (Å²) in [5.41, 5.74) is 0. The number of ether oxygens (including phenoxy) is 2. The first kappa shape index (κ1) is 18.8. The van der Waals surface area contributed by atoms with Crippen molar-refractivity contribution in [2.75, 3.05) is 25.6 Å². The van der Waals surface area contributed by atoms with Crippen molar-refractivity contribution >= 4 is 17.7 Å². The van der Waals surface area contributed by atoms with Crippen molar-refractivity contribution in [3.05, 3.63) is 0 Å². The van der Waals surface area contributed by atoms with Gasteiger partial charge in [0.25, 0.3) is 0 Å². The van der Waals surface area contributed by atoms with E-state index in [0.717, 1.165) is 24.9 Å². The number of hydrogen-bond acceptors (Lipinski definition) is 4. The molecule has 114 valence electrons. The van der Waals surface area contributed by atoms with Crippen molar-refractivity contribution in [2.24, 2.45) is 5.92 Å². The lowest BCUT2D eigenvalue weighted by Crippen LogP contribution is -2.30. The van der Waals surface area contributed by atoms with Crippen molar-refractivity contribution in [1.29, 1.82) is 0 Å². The minimum Gasteiger partial charge on any atom is -0.465 e. The molecule has 0 aromatic carbocycles. The molecule has 1 aliphatic rings. The van der Waals surface area contributed by atoms with Crippen LogP contribution in [0.5, 0.6) is 0 Å². The largest absolute Gasteiger partial charge is 0.465 e. The Labute approximate surface area is 122 Å². The Hall–Kier alpha value is -0.220. The van der Waals surface area contributed by atoms with Crippen LogP contribution in [0.25, 0.3) is 0 Å². The average Bonchev–Trinajstić information content (AvgIpc) is 2.42. The summed E-state index contributed by atoms with van der Waals surface area (Å²) in [5, 5.41) is 0. The summed E-state index contributed by atoms with van der Waals surface area (Å²) in [6.07, 6.45) is 3.51. The molecular weight excluding hydrogens is 260 g/mol. The summed E-state index contributed by atoms with van der Waals surface area (Å²) in [6, 6.07) is 0. The van der Waals surface area contributed by atoms with Gasteiger partial charge >= 0.3 is 5.97 Å². The number of hydrogen-bond donors (Lipinski definition) is 0. The third kappa shape index (κ3) is 7.83. The van der Waals surface area contributed by atoms with E-state index in [4.69, 9.17) is 9.47 Å². The Balaban J connectivity index is 0.00000154. The van der Waals surface area contributed by atoms with Crippen molar-refractivity contribution in [3.63, 3.8) is 0 Å². The SMILES string of the molecule is CC.CCOC(=O)C(C)(C)SCCC1CCOCC1. The van der Waals surface area contributed by atoms with Gasteiger partial charge in [0.2, 0.25) is 0 Å².